The Bertz CT molecular complexity index is 95.1. The van der Waals surface area contributed by atoms with Crippen LogP contribution in [0.25, 0.3) is 0 Å². The average molecular weight is 313 g/mol. The molecular formula is C3H2AlCl7. The van der Waals surface area contributed by atoms with E-state index >= 15 is 0 Å². The van der Waals surface area contributed by atoms with Crippen LogP contribution in [0.5, 0.6) is 0 Å². The van der Waals surface area contributed by atoms with Crippen molar-refractivity contribution in [3.63, 3.8) is 0 Å². The lowest BCUT2D eigenvalue weighted by atomic mass is 11.0. The molecule has 2 unspecified atom stereocenters. The third-order valence-corrected chi connectivity index (χ3v) is 2.47. The van der Waals surface area contributed by atoms with Gasteiger partial charge >= 0.3 is 9.39 Å². The molecule has 1 aliphatic rings. The Morgan fingerprint density at radius 3 is 1.00 bits per heavy atom. The first kappa shape index (κ1) is 13.4. The molecule has 11 heavy (non-hydrogen) atoms. The average Bonchev–Trinajstić information content (AvgIpc) is 2.19. The summed E-state index contributed by atoms with van der Waals surface area (Å²) >= 11 is 16.1. The van der Waals surface area contributed by atoms with Gasteiger partial charge in [0.15, 0.2) is 0 Å². The molecule has 66 valence electrons. The fraction of sp³-hybridized carbons (Fsp3) is 0.667. The zero-order valence-corrected chi connectivity index (χ0v) is 11.3. The predicted molar refractivity (Wildman–Crippen MR) is 57.5 cm³/mol. The standard InChI is InChI=1S/C3H2Cl3.Al.4ClH/c4-1-2(5)3(1)6;;;;;/h1-2H;;4*1H/q+1;+3;;;;/p-4. The molecule has 0 aromatic heterocycles. The van der Waals surface area contributed by atoms with Crippen LogP contribution in [0.4, 0.5) is 0 Å². The maximum Gasteiger partial charge on any atom is 0.564 e. The van der Waals surface area contributed by atoms with E-state index in [1.54, 1.807) is 0 Å². The van der Waals surface area contributed by atoms with Gasteiger partial charge in [-0.05, 0) is 0 Å². The van der Waals surface area contributed by atoms with Crippen LogP contribution < -0.4 is 0 Å². The van der Waals surface area contributed by atoms with Gasteiger partial charge in [-0.25, -0.2) is 0 Å². The number of hydrogen-bond acceptors (Lipinski definition) is 0. The minimum absolute atomic E-state index is 0.0617. The molecule has 0 amide bonds. The van der Waals surface area contributed by atoms with Crippen molar-refractivity contribution in [1.82, 2.24) is 0 Å². The van der Waals surface area contributed by atoms with Crippen molar-refractivity contribution in [2.75, 3.05) is 0 Å². The minimum atomic E-state index is -2.94. The molecule has 2 atom stereocenters. The maximum absolute atomic E-state index is 5.39. The number of rotatable bonds is 0. The molecule has 0 aromatic carbocycles. The lowest BCUT2D eigenvalue weighted by Gasteiger charge is -1.97. The third-order valence-electron chi connectivity index (χ3n) is 0.675. The molecule has 1 rings (SSSR count). The van der Waals surface area contributed by atoms with Gasteiger partial charge in [0.05, 0.1) is 0 Å². The summed E-state index contributed by atoms with van der Waals surface area (Å²) in [4.78, 5) is 0. The van der Waals surface area contributed by atoms with E-state index in [-0.39, 0.29) is 10.8 Å². The van der Waals surface area contributed by atoms with Gasteiger partial charge in [0.1, 0.15) is 11.6 Å². The van der Waals surface area contributed by atoms with E-state index in [0.717, 1.165) is 0 Å². The Labute approximate surface area is 99.5 Å². The van der Waals surface area contributed by atoms with Crippen LogP contribution in [0.1, 0.15) is 0 Å². The SMILES string of the molecule is Cl[C+]1C(Cl)C1Cl.[Cl][Al-]([Cl])([Cl])[Cl]. The highest BCUT2D eigenvalue weighted by atomic mass is 35.9. The summed E-state index contributed by atoms with van der Waals surface area (Å²) in [7, 11) is 17.0. The molecule has 0 spiro atoms. The summed E-state index contributed by atoms with van der Waals surface area (Å²) in [6, 6.07) is 0. The second-order valence-corrected chi connectivity index (χ2v) is 15.9. The smallest absolute Gasteiger partial charge is 0.391 e. The molecule has 0 N–H and O–H groups in total. The summed E-state index contributed by atoms with van der Waals surface area (Å²) < 4.78 is 0. The van der Waals surface area contributed by atoms with Gasteiger partial charge in [-0.3, -0.25) is 0 Å². The van der Waals surface area contributed by atoms with Crippen molar-refractivity contribution < 1.29 is 0 Å². The van der Waals surface area contributed by atoms with Gasteiger partial charge in [-0.15, -0.1) is 0 Å². The highest BCUT2D eigenvalue weighted by Crippen LogP contribution is 2.46. The molecule has 0 heterocycles. The molecule has 1 aliphatic carbocycles. The van der Waals surface area contributed by atoms with Gasteiger partial charge in [0.25, 0.3) is 10.8 Å². The van der Waals surface area contributed by atoms with E-state index in [2.05, 4.69) is 0 Å². The normalized spacial score (nSPS) is 29.2. The lowest BCUT2D eigenvalue weighted by molar-refractivity contribution is 1.50. The van der Waals surface area contributed by atoms with E-state index in [0.29, 0.717) is 5.38 Å². The summed E-state index contributed by atoms with van der Waals surface area (Å²) in [6.45, 7) is 0. The first-order valence-corrected chi connectivity index (χ1v) is 10.6. The van der Waals surface area contributed by atoms with E-state index in [1.807, 2.05) is 0 Å². The molecule has 1 fully saturated rings. The highest BCUT2D eigenvalue weighted by Gasteiger charge is 2.63. The molecule has 0 nitrogen and oxygen atoms in total. The van der Waals surface area contributed by atoms with Crippen molar-refractivity contribution >= 4 is 84.4 Å². The van der Waals surface area contributed by atoms with E-state index in [9.17, 15) is 0 Å². The highest BCUT2D eigenvalue weighted by molar-refractivity contribution is 7.81. The van der Waals surface area contributed by atoms with E-state index in [1.165, 1.54) is 0 Å². The van der Waals surface area contributed by atoms with Gasteiger partial charge in [0.2, 0.25) is 5.38 Å². The lowest BCUT2D eigenvalue weighted by Crippen LogP contribution is -1.91. The van der Waals surface area contributed by atoms with Crippen molar-refractivity contribution in [2.24, 2.45) is 0 Å². The van der Waals surface area contributed by atoms with Gasteiger partial charge < -0.3 is 40.2 Å². The molecule has 1 saturated carbocycles. The summed E-state index contributed by atoms with van der Waals surface area (Å²) in [5, 5.41) is 0.556. The van der Waals surface area contributed by atoms with Crippen LogP contribution in [-0.4, -0.2) is 20.1 Å². The fourth-order valence-electron chi connectivity index (χ4n) is 0.176. The Kier molecular flexibility index (Phi) is 6.53. The molecule has 0 aromatic rings. The van der Waals surface area contributed by atoms with Gasteiger partial charge in [-0.2, -0.15) is 0 Å². The largest absolute Gasteiger partial charge is 0.564 e. The first-order chi connectivity index (χ1) is 4.73. The maximum atomic E-state index is 5.39. The third kappa shape index (κ3) is 8.75. The number of halogens is 7. The molecule has 0 aliphatic heterocycles. The van der Waals surface area contributed by atoms with Crippen molar-refractivity contribution in [2.45, 2.75) is 10.8 Å². The van der Waals surface area contributed by atoms with Crippen LogP contribution in [0, 0.1) is 5.38 Å². The Morgan fingerprint density at radius 2 is 1.00 bits per heavy atom. The Morgan fingerprint density at radius 1 is 0.909 bits per heavy atom. The molecule has 0 bridgehead atoms. The fourth-order valence-corrected chi connectivity index (χ4v) is 0.956. The van der Waals surface area contributed by atoms with E-state index in [4.69, 9.17) is 75.0 Å². The van der Waals surface area contributed by atoms with Crippen LogP contribution in [0.15, 0.2) is 0 Å². The van der Waals surface area contributed by atoms with Gasteiger partial charge in [0, 0.05) is 0 Å². The quantitative estimate of drug-likeness (QED) is 0.354. The summed E-state index contributed by atoms with van der Waals surface area (Å²) in [5.74, 6) is 0. The van der Waals surface area contributed by atoms with Crippen molar-refractivity contribution in [3.05, 3.63) is 5.38 Å². The summed E-state index contributed by atoms with van der Waals surface area (Å²) in [6.07, 6.45) is 0. The minimum Gasteiger partial charge on any atom is -0.391 e. The zero-order chi connectivity index (χ0) is 9.23. The number of alkyl halides is 2. The molecule has 8 heteroatoms. The Hall–Kier alpha value is 2.43. The first-order valence-electron chi connectivity index (χ1n) is 2.41. The van der Waals surface area contributed by atoms with Crippen LogP contribution in [0.3, 0.4) is 0 Å². The molecule has 0 radical (unpaired) electrons. The Balaban J connectivity index is 0.000000187. The second kappa shape index (κ2) is 5.35. The van der Waals surface area contributed by atoms with E-state index < -0.39 is 9.39 Å². The predicted octanol–water partition coefficient (Wildman–Crippen LogP) is 4.36. The topological polar surface area (TPSA) is 0 Å². The molecule has 0 saturated heterocycles. The molecular weight excluding hydrogens is 311 g/mol. The van der Waals surface area contributed by atoms with Crippen LogP contribution in [0.2, 0.25) is 0 Å². The van der Waals surface area contributed by atoms with Crippen LogP contribution in [-0.2, 0) is 0 Å². The van der Waals surface area contributed by atoms with Gasteiger partial charge in [-0.1, -0.05) is 23.2 Å². The second-order valence-electron chi connectivity index (χ2n) is 1.68. The van der Waals surface area contributed by atoms with Crippen molar-refractivity contribution in [1.29, 1.82) is 0 Å². The van der Waals surface area contributed by atoms with Crippen LogP contribution >= 0.6 is 75.0 Å². The number of hydrogen-bond donors (Lipinski definition) is 0. The monoisotopic (exact) mass is 310 g/mol. The zero-order valence-electron chi connectivity index (χ0n) is 4.88. The van der Waals surface area contributed by atoms with Crippen molar-refractivity contribution in [3.8, 4) is 0 Å². The summed E-state index contributed by atoms with van der Waals surface area (Å²) in [5.41, 5.74) is 0.